The highest BCUT2D eigenvalue weighted by Crippen LogP contribution is 2.18. The largest absolute Gasteiger partial charge is 0.339 e. The lowest BCUT2D eigenvalue weighted by molar-refractivity contribution is -0.116. The zero-order chi connectivity index (χ0) is 17.6. The molecule has 0 aliphatic heterocycles. The van der Waals surface area contributed by atoms with Crippen molar-refractivity contribution in [3.63, 3.8) is 0 Å². The molecule has 0 aliphatic rings. The van der Waals surface area contributed by atoms with Crippen LogP contribution in [0.4, 0.5) is 5.69 Å². The molecular formula is C18H18N2O3S. The SMILES string of the molecule is CC(NC(=O)C#Cc1ccccc1)c1cccc(NS(C)(=O)=O)c1. The summed E-state index contributed by atoms with van der Waals surface area (Å²) >= 11 is 0. The number of benzene rings is 2. The minimum absolute atomic E-state index is 0.302. The monoisotopic (exact) mass is 342 g/mol. The number of anilines is 1. The van der Waals surface area contributed by atoms with Gasteiger partial charge in [-0.1, -0.05) is 36.3 Å². The minimum Gasteiger partial charge on any atom is -0.339 e. The van der Waals surface area contributed by atoms with Crippen molar-refractivity contribution in [3.05, 3.63) is 65.7 Å². The van der Waals surface area contributed by atoms with Gasteiger partial charge in [0.05, 0.1) is 12.3 Å². The van der Waals surface area contributed by atoms with Crippen LogP contribution in [0.25, 0.3) is 0 Å². The van der Waals surface area contributed by atoms with Gasteiger partial charge in [0.2, 0.25) is 10.0 Å². The van der Waals surface area contributed by atoms with Gasteiger partial charge in [0.1, 0.15) is 0 Å². The molecule has 0 aliphatic carbocycles. The first-order chi connectivity index (χ1) is 11.3. The van der Waals surface area contributed by atoms with E-state index in [1.54, 1.807) is 18.2 Å². The second-order valence-electron chi connectivity index (χ2n) is 5.31. The maximum absolute atomic E-state index is 11.9. The Hall–Kier alpha value is -2.78. The van der Waals surface area contributed by atoms with Gasteiger partial charge < -0.3 is 5.32 Å². The molecule has 0 heterocycles. The highest BCUT2D eigenvalue weighted by Gasteiger charge is 2.09. The van der Waals surface area contributed by atoms with Crippen LogP contribution < -0.4 is 10.0 Å². The second kappa shape index (κ2) is 7.66. The lowest BCUT2D eigenvalue weighted by atomic mass is 10.1. The van der Waals surface area contributed by atoms with Crippen molar-refractivity contribution < 1.29 is 13.2 Å². The van der Waals surface area contributed by atoms with E-state index < -0.39 is 15.9 Å². The van der Waals surface area contributed by atoms with Gasteiger partial charge in [-0.2, -0.15) is 0 Å². The first kappa shape index (κ1) is 17.6. The van der Waals surface area contributed by atoms with Gasteiger partial charge >= 0.3 is 0 Å². The van der Waals surface area contributed by atoms with Crippen LogP contribution in [0.3, 0.4) is 0 Å². The van der Waals surface area contributed by atoms with Crippen LogP contribution in [0.1, 0.15) is 24.1 Å². The third kappa shape index (κ3) is 5.78. The number of carbonyl (C=O) groups excluding carboxylic acids is 1. The van der Waals surface area contributed by atoms with Crippen LogP contribution in [0, 0.1) is 11.8 Å². The summed E-state index contributed by atoms with van der Waals surface area (Å²) in [6.45, 7) is 1.81. The quantitative estimate of drug-likeness (QED) is 0.837. The molecule has 0 saturated carbocycles. The molecule has 1 unspecified atom stereocenters. The van der Waals surface area contributed by atoms with Crippen LogP contribution in [0.5, 0.6) is 0 Å². The third-order valence-corrected chi connectivity index (χ3v) is 3.74. The fraction of sp³-hybridized carbons (Fsp3) is 0.167. The zero-order valence-corrected chi connectivity index (χ0v) is 14.2. The molecule has 0 radical (unpaired) electrons. The van der Waals surface area contributed by atoms with Crippen LogP contribution in [-0.2, 0) is 14.8 Å². The Kier molecular flexibility index (Phi) is 5.61. The minimum atomic E-state index is -3.34. The Morgan fingerprint density at radius 1 is 1.08 bits per heavy atom. The zero-order valence-electron chi connectivity index (χ0n) is 13.4. The Labute approximate surface area is 142 Å². The van der Waals surface area contributed by atoms with Gasteiger partial charge in [0, 0.05) is 17.2 Å². The number of nitrogens with one attached hydrogen (secondary N) is 2. The average molecular weight is 342 g/mol. The predicted octanol–water partition coefficient (Wildman–Crippen LogP) is 2.29. The van der Waals surface area contributed by atoms with E-state index >= 15 is 0 Å². The van der Waals surface area contributed by atoms with Crippen LogP contribution in [-0.4, -0.2) is 20.6 Å². The summed E-state index contributed by atoms with van der Waals surface area (Å²) in [7, 11) is -3.34. The summed E-state index contributed by atoms with van der Waals surface area (Å²) in [5.74, 6) is 4.94. The normalized spacial score (nSPS) is 11.8. The summed E-state index contributed by atoms with van der Waals surface area (Å²) in [5, 5.41) is 2.77. The number of sulfonamides is 1. The molecule has 6 heteroatoms. The molecule has 1 amide bonds. The summed E-state index contributed by atoms with van der Waals surface area (Å²) < 4.78 is 25.0. The van der Waals surface area contributed by atoms with Gasteiger partial charge in [0.25, 0.3) is 5.91 Å². The Bertz CT molecular complexity index is 881. The molecule has 0 bridgehead atoms. The Morgan fingerprint density at radius 2 is 1.79 bits per heavy atom. The van der Waals surface area contributed by atoms with Crippen LogP contribution in [0.2, 0.25) is 0 Å². The maximum atomic E-state index is 11.9. The summed E-state index contributed by atoms with van der Waals surface area (Å²) in [6.07, 6.45) is 1.09. The van der Waals surface area contributed by atoms with E-state index in [4.69, 9.17) is 0 Å². The first-order valence-electron chi connectivity index (χ1n) is 7.29. The average Bonchev–Trinajstić information content (AvgIpc) is 2.52. The van der Waals surface area contributed by atoms with E-state index in [-0.39, 0.29) is 6.04 Å². The van der Waals surface area contributed by atoms with Crippen molar-refractivity contribution in [1.29, 1.82) is 0 Å². The number of hydrogen-bond acceptors (Lipinski definition) is 3. The van der Waals surface area contributed by atoms with Crippen molar-refractivity contribution >= 4 is 21.6 Å². The fourth-order valence-electron chi connectivity index (χ4n) is 2.05. The van der Waals surface area contributed by atoms with Crippen molar-refractivity contribution in [1.82, 2.24) is 5.32 Å². The van der Waals surface area contributed by atoms with Crippen molar-refractivity contribution in [3.8, 4) is 11.8 Å². The molecule has 2 aromatic rings. The molecule has 124 valence electrons. The van der Waals surface area contributed by atoms with E-state index in [2.05, 4.69) is 21.9 Å². The molecule has 2 rings (SSSR count). The summed E-state index contributed by atoms with van der Waals surface area (Å²) in [5.41, 5.74) is 1.99. The van der Waals surface area contributed by atoms with E-state index in [1.165, 1.54) is 0 Å². The topological polar surface area (TPSA) is 75.3 Å². The summed E-state index contributed by atoms with van der Waals surface area (Å²) in [6, 6.07) is 15.8. The smallest absolute Gasteiger partial charge is 0.296 e. The number of hydrogen-bond donors (Lipinski definition) is 2. The lowest BCUT2D eigenvalue weighted by Gasteiger charge is -2.13. The van der Waals surface area contributed by atoms with Gasteiger partial charge in [-0.15, -0.1) is 0 Å². The van der Waals surface area contributed by atoms with Gasteiger partial charge in [-0.05, 0) is 36.8 Å². The van der Waals surface area contributed by atoms with E-state index in [1.807, 2.05) is 43.3 Å². The van der Waals surface area contributed by atoms with Crippen LogP contribution >= 0.6 is 0 Å². The van der Waals surface area contributed by atoms with E-state index in [9.17, 15) is 13.2 Å². The van der Waals surface area contributed by atoms with Crippen molar-refractivity contribution in [2.75, 3.05) is 11.0 Å². The van der Waals surface area contributed by atoms with Crippen molar-refractivity contribution in [2.45, 2.75) is 13.0 Å². The molecule has 2 N–H and O–H groups in total. The molecule has 1 atom stereocenters. The second-order valence-corrected chi connectivity index (χ2v) is 7.06. The number of carbonyl (C=O) groups is 1. The summed E-state index contributed by atoms with van der Waals surface area (Å²) in [4.78, 5) is 11.9. The van der Waals surface area contributed by atoms with Gasteiger partial charge in [-0.25, -0.2) is 8.42 Å². The van der Waals surface area contributed by atoms with Gasteiger partial charge in [-0.3, -0.25) is 9.52 Å². The molecule has 24 heavy (non-hydrogen) atoms. The molecule has 0 fully saturated rings. The van der Waals surface area contributed by atoms with Crippen LogP contribution in [0.15, 0.2) is 54.6 Å². The number of amides is 1. The molecular weight excluding hydrogens is 324 g/mol. The van der Waals surface area contributed by atoms with E-state index in [0.29, 0.717) is 5.69 Å². The highest BCUT2D eigenvalue weighted by molar-refractivity contribution is 7.92. The van der Waals surface area contributed by atoms with Gasteiger partial charge in [0.15, 0.2) is 0 Å². The Morgan fingerprint density at radius 3 is 2.46 bits per heavy atom. The molecule has 0 spiro atoms. The van der Waals surface area contributed by atoms with Crippen molar-refractivity contribution in [2.24, 2.45) is 0 Å². The Balaban J connectivity index is 2.04. The number of rotatable bonds is 4. The third-order valence-electron chi connectivity index (χ3n) is 3.13. The molecule has 5 nitrogen and oxygen atoms in total. The molecule has 0 aromatic heterocycles. The first-order valence-corrected chi connectivity index (χ1v) is 9.18. The lowest BCUT2D eigenvalue weighted by Crippen LogP contribution is -2.25. The predicted molar refractivity (Wildman–Crippen MR) is 94.8 cm³/mol. The standard InChI is InChI=1S/C18H18N2O3S/c1-14(16-9-6-10-17(13-16)20-24(2,22)23)19-18(21)12-11-15-7-4-3-5-8-15/h3-10,13-14,20H,1-2H3,(H,19,21). The molecule has 2 aromatic carbocycles. The maximum Gasteiger partial charge on any atom is 0.296 e. The fourth-order valence-corrected chi connectivity index (χ4v) is 2.61. The van der Waals surface area contributed by atoms with E-state index in [0.717, 1.165) is 17.4 Å². The highest BCUT2D eigenvalue weighted by atomic mass is 32.2. The molecule has 0 saturated heterocycles.